The van der Waals surface area contributed by atoms with Gasteiger partial charge in [-0.25, -0.2) is 4.18 Å². The third-order valence-corrected chi connectivity index (χ3v) is 11.4. The summed E-state index contributed by atoms with van der Waals surface area (Å²) in [5, 5.41) is 55.0. The highest BCUT2D eigenvalue weighted by molar-refractivity contribution is 7.80. The Labute approximate surface area is 345 Å². The maximum absolute atomic E-state index is 13.0. The minimum absolute atomic E-state index is 0.246. The van der Waals surface area contributed by atoms with Crippen molar-refractivity contribution in [2.24, 2.45) is 0 Å². The van der Waals surface area contributed by atoms with Crippen LogP contribution in [0.25, 0.3) is 0 Å². The zero-order valence-corrected chi connectivity index (χ0v) is 36.3. The second-order valence-electron chi connectivity index (χ2n) is 16.1. The molecule has 1 heterocycles. The fraction of sp³-hybridized carbons (Fsp3) is 0.930. The summed E-state index contributed by atoms with van der Waals surface area (Å²) in [5.74, 6) is -0.704. The van der Waals surface area contributed by atoms with Gasteiger partial charge in [-0.05, 0) is 19.3 Å². The van der Waals surface area contributed by atoms with Gasteiger partial charge in [0.25, 0.3) is 0 Å². The van der Waals surface area contributed by atoms with Gasteiger partial charge in [-0.3, -0.25) is 9.35 Å². The van der Waals surface area contributed by atoms with Gasteiger partial charge in [-0.1, -0.05) is 187 Å². The van der Waals surface area contributed by atoms with Crippen LogP contribution < -0.4 is 5.32 Å². The predicted octanol–water partition coefficient (Wildman–Crippen LogP) is 7.36. The number of aliphatic hydroxyl groups excluding tert-OH is 5. The molecule has 0 aromatic carbocycles. The van der Waals surface area contributed by atoms with Gasteiger partial charge in [0.15, 0.2) is 6.29 Å². The Morgan fingerprint density at radius 2 is 1.14 bits per heavy atom. The van der Waals surface area contributed by atoms with Gasteiger partial charge < -0.3 is 40.3 Å². The molecular formula is C43H83NO12S. The molecule has 1 saturated heterocycles. The van der Waals surface area contributed by atoms with Crippen LogP contribution in [0.15, 0.2) is 12.2 Å². The number of carbonyl (C=O) groups is 1. The molecule has 13 nitrogen and oxygen atoms in total. The topological polar surface area (TPSA) is 212 Å². The molecule has 1 fully saturated rings. The molecule has 1 amide bonds. The van der Waals surface area contributed by atoms with Crippen LogP contribution in [0.4, 0.5) is 0 Å². The number of amides is 1. The van der Waals surface area contributed by atoms with Crippen LogP contribution in [-0.4, -0.2) is 107 Å². The second-order valence-corrected chi connectivity index (χ2v) is 17.2. The van der Waals surface area contributed by atoms with Crippen LogP contribution in [0.2, 0.25) is 0 Å². The smallest absolute Gasteiger partial charge is 0.394 e. The van der Waals surface area contributed by atoms with Crippen LogP contribution in [-0.2, 0) is 28.9 Å². The Balaban J connectivity index is 2.57. The number of hydrogen-bond donors (Lipinski definition) is 7. The Hall–Kier alpha value is -1.20. The van der Waals surface area contributed by atoms with Crippen molar-refractivity contribution in [2.45, 2.75) is 243 Å². The van der Waals surface area contributed by atoms with Crippen LogP contribution in [0.3, 0.4) is 0 Å². The highest BCUT2D eigenvalue weighted by atomic mass is 32.3. The third-order valence-electron chi connectivity index (χ3n) is 10.9. The van der Waals surface area contributed by atoms with E-state index in [4.69, 9.17) is 14.0 Å². The summed E-state index contributed by atoms with van der Waals surface area (Å²) in [6.45, 7) is 3.19. The van der Waals surface area contributed by atoms with Gasteiger partial charge in [-0.15, -0.1) is 0 Å². The van der Waals surface area contributed by atoms with E-state index in [1.54, 1.807) is 0 Å². The normalized spacial score (nSPS) is 21.9. The standard InChI is InChI=1S/C43H83NO12S/c1-3-5-7-9-11-13-14-15-16-17-18-19-20-21-22-24-25-27-29-31-36(46)35(44-42(50)37(47)32-30-28-26-23-12-10-8-6-4-2)34-54-43-40(49)41(56-57(51,52)53)39(48)38(33-45)55-43/h29,31,35-41,43,45-49H,3-28,30,32-34H2,1-2H3,(H,44,50)(H,51,52,53)/b31-29+. The number of allylic oxidation sites excluding steroid dienone is 1. The Morgan fingerprint density at radius 1 is 0.702 bits per heavy atom. The molecule has 7 N–H and O–H groups in total. The van der Waals surface area contributed by atoms with E-state index in [-0.39, 0.29) is 6.42 Å². The maximum Gasteiger partial charge on any atom is 0.397 e. The van der Waals surface area contributed by atoms with E-state index in [9.17, 15) is 38.7 Å². The van der Waals surface area contributed by atoms with Crippen LogP contribution in [0, 0.1) is 0 Å². The number of unbranched alkanes of at least 4 members (excludes halogenated alkanes) is 25. The third kappa shape index (κ3) is 27.3. The lowest BCUT2D eigenvalue weighted by Gasteiger charge is -2.41. The summed E-state index contributed by atoms with van der Waals surface area (Å²) in [7, 11) is -5.11. The summed E-state index contributed by atoms with van der Waals surface area (Å²) in [6.07, 6.45) is 24.5. The van der Waals surface area contributed by atoms with Crippen molar-refractivity contribution in [3.63, 3.8) is 0 Å². The number of carbonyl (C=O) groups excluding carboxylic acids is 1. The molecule has 0 saturated carbocycles. The number of nitrogens with one attached hydrogen (secondary N) is 1. The molecule has 57 heavy (non-hydrogen) atoms. The van der Waals surface area contributed by atoms with Crippen molar-refractivity contribution in [3.8, 4) is 0 Å². The van der Waals surface area contributed by atoms with Crippen molar-refractivity contribution in [3.05, 3.63) is 12.2 Å². The average Bonchev–Trinajstić information content (AvgIpc) is 3.18. The van der Waals surface area contributed by atoms with E-state index in [0.29, 0.717) is 12.8 Å². The monoisotopic (exact) mass is 838 g/mol. The van der Waals surface area contributed by atoms with Crippen LogP contribution in [0.1, 0.15) is 194 Å². The molecule has 0 aromatic rings. The molecule has 1 aliphatic heterocycles. The van der Waals surface area contributed by atoms with Crippen molar-refractivity contribution >= 4 is 16.3 Å². The molecule has 338 valence electrons. The van der Waals surface area contributed by atoms with Gasteiger partial charge >= 0.3 is 10.4 Å². The zero-order chi connectivity index (χ0) is 42.2. The summed E-state index contributed by atoms with van der Waals surface area (Å²) < 4.78 is 47.4. The first-order valence-electron chi connectivity index (χ1n) is 22.7. The van der Waals surface area contributed by atoms with Gasteiger partial charge in [0.05, 0.1) is 25.4 Å². The number of aliphatic hydroxyl groups is 5. The van der Waals surface area contributed by atoms with Crippen LogP contribution in [0.5, 0.6) is 0 Å². The van der Waals surface area contributed by atoms with Crippen molar-refractivity contribution in [2.75, 3.05) is 13.2 Å². The summed E-state index contributed by atoms with van der Waals surface area (Å²) in [5.41, 5.74) is 0. The van der Waals surface area contributed by atoms with Gasteiger partial charge in [0, 0.05) is 0 Å². The maximum atomic E-state index is 13.0. The molecule has 0 radical (unpaired) electrons. The van der Waals surface area contributed by atoms with E-state index in [2.05, 4.69) is 23.3 Å². The van der Waals surface area contributed by atoms with E-state index in [0.717, 1.165) is 38.5 Å². The first kappa shape index (κ1) is 53.8. The molecule has 0 aromatic heterocycles. The summed E-state index contributed by atoms with van der Waals surface area (Å²) in [6, 6.07) is -1.11. The minimum atomic E-state index is -5.11. The molecule has 14 heteroatoms. The molecular weight excluding hydrogens is 755 g/mol. The fourth-order valence-corrected chi connectivity index (χ4v) is 7.79. The number of rotatable bonds is 38. The lowest BCUT2D eigenvalue weighted by molar-refractivity contribution is -0.298. The van der Waals surface area contributed by atoms with Gasteiger partial charge in [-0.2, -0.15) is 8.42 Å². The lowest BCUT2D eigenvalue weighted by Crippen LogP contribution is -2.61. The molecule has 0 spiro atoms. The van der Waals surface area contributed by atoms with Crippen molar-refractivity contribution < 1.29 is 57.0 Å². The van der Waals surface area contributed by atoms with Crippen molar-refractivity contribution in [1.29, 1.82) is 0 Å². The molecule has 0 bridgehead atoms. The van der Waals surface area contributed by atoms with E-state index in [1.807, 2.05) is 6.08 Å². The molecule has 8 atom stereocenters. The first-order chi connectivity index (χ1) is 27.4. The lowest BCUT2D eigenvalue weighted by atomic mass is 9.99. The van der Waals surface area contributed by atoms with E-state index >= 15 is 0 Å². The van der Waals surface area contributed by atoms with E-state index < -0.39 is 78.5 Å². The highest BCUT2D eigenvalue weighted by Crippen LogP contribution is 2.26. The number of hydrogen-bond acceptors (Lipinski definition) is 11. The average molecular weight is 838 g/mol. The highest BCUT2D eigenvalue weighted by Gasteiger charge is 2.48. The zero-order valence-electron chi connectivity index (χ0n) is 35.5. The van der Waals surface area contributed by atoms with E-state index in [1.165, 1.54) is 128 Å². The summed E-state index contributed by atoms with van der Waals surface area (Å²) >= 11 is 0. The number of ether oxygens (including phenoxy) is 2. The Kier molecular flexibility index (Phi) is 32.6. The van der Waals surface area contributed by atoms with Gasteiger partial charge in [0.1, 0.15) is 30.5 Å². The Bertz CT molecular complexity index is 1100. The largest absolute Gasteiger partial charge is 0.397 e. The van der Waals surface area contributed by atoms with Crippen molar-refractivity contribution in [1.82, 2.24) is 5.32 Å². The minimum Gasteiger partial charge on any atom is -0.394 e. The van der Waals surface area contributed by atoms with Crippen LogP contribution >= 0.6 is 0 Å². The molecule has 1 rings (SSSR count). The quantitative estimate of drug-likeness (QED) is 0.0185. The predicted molar refractivity (Wildman–Crippen MR) is 224 cm³/mol. The second kappa shape index (κ2) is 34.5. The first-order valence-corrected chi connectivity index (χ1v) is 24.0. The summed E-state index contributed by atoms with van der Waals surface area (Å²) in [4.78, 5) is 13.0. The molecule has 0 aliphatic carbocycles. The molecule has 1 aliphatic rings. The van der Waals surface area contributed by atoms with Gasteiger partial charge in [0.2, 0.25) is 5.91 Å². The Morgan fingerprint density at radius 3 is 1.58 bits per heavy atom. The SMILES string of the molecule is CCCCCCCCCCCCCCCCCCC/C=C/C(O)C(COC1OC(CO)C(O)C(OS(=O)(=O)O)C1O)NC(=O)C(O)CCCCCCCCCCC. The molecule has 8 unspecified atom stereocenters. The fourth-order valence-electron chi connectivity index (χ4n) is 7.28.